The Morgan fingerprint density at radius 3 is 2.65 bits per heavy atom. The van der Waals surface area contributed by atoms with Gasteiger partial charge in [-0.2, -0.15) is 0 Å². The zero-order valence-corrected chi connectivity index (χ0v) is 11.9. The summed E-state index contributed by atoms with van der Waals surface area (Å²) < 4.78 is 5.33. The van der Waals surface area contributed by atoms with Gasteiger partial charge in [-0.15, -0.1) is 0 Å². The number of aliphatic carboxylic acids is 1. The van der Waals surface area contributed by atoms with E-state index in [-0.39, 0.29) is 6.61 Å². The van der Waals surface area contributed by atoms with Gasteiger partial charge in [-0.25, -0.2) is 4.79 Å². The molecule has 6 heteroatoms. The standard InChI is InChI=1S/C14H16ClNO4/c1-9-7-10(3-4-11(9)15)20-8-12(17)16-14(13(18)19)5-2-6-14/h3-4,7H,2,5-6,8H2,1H3,(H,16,17)(H,18,19). The second-order valence-electron chi connectivity index (χ2n) is 4.99. The van der Waals surface area contributed by atoms with Gasteiger partial charge in [-0.1, -0.05) is 11.6 Å². The molecule has 1 saturated carbocycles. The number of hydrogen-bond acceptors (Lipinski definition) is 3. The largest absolute Gasteiger partial charge is 0.484 e. The van der Waals surface area contributed by atoms with Gasteiger partial charge in [0, 0.05) is 5.02 Å². The third kappa shape index (κ3) is 3.04. The number of nitrogens with one attached hydrogen (secondary N) is 1. The number of carbonyl (C=O) groups excluding carboxylic acids is 1. The maximum atomic E-state index is 11.8. The van der Waals surface area contributed by atoms with Crippen molar-refractivity contribution in [2.45, 2.75) is 31.7 Å². The summed E-state index contributed by atoms with van der Waals surface area (Å²) in [4.78, 5) is 22.9. The summed E-state index contributed by atoms with van der Waals surface area (Å²) >= 11 is 5.89. The molecule has 0 heterocycles. The van der Waals surface area contributed by atoms with Gasteiger partial charge >= 0.3 is 5.97 Å². The molecule has 0 saturated heterocycles. The fourth-order valence-electron chi connectivity index (χ4n) is 2.08. The molecule has 108 valence electrons. The number of ether oxygens (including phenoxy) is 1. The van der Waals surface area contributed by atoms with Gasteiger partial charge in [-0.05, 0) is 49.9 Å². The van der Waals surface area contributed by atoms with Gasteiger partial charge < -0.3 is 15.2 Å². The minimum Gasteiger partial charge on any atom is -0.484 e. The van der Waals surface area contributed by atoms with E-state index < -0.39 is 17.4 Å². The highest BCUT2D eigenvalue weighted by Gasteiger charge is 2.45. The van der Waals surface area contributed by atoms with Crippen molar-refractivity contribution < 1.29 is 19.4 Å². The molecule has 5 nitrogen and oxygen atoms in total. The Hall–Kier alpha value is -1.75. The van der Waals surface area contributed by atoms with E-state index in [1.165, 1.54) is 0 Å². The van der Waals surface area contributed by atoms with Crippen LogP contribution in [0.5, 0.6) is 5.75 Å². The first kappa shape index (κ1) is 14.7. The number of hydrogen-bond donors (Lipinski definition) is 2. The van der Waals surface area contributed by atoms with Gasteiger partial charge in [0.15, 0.2) is 6.61 Å². The smallest absolute Gasteiger partial charge is 0.329 e. The van der Waals surface area contributed by atoms with Crippen molar-refractivity contribution in [3.63, 3.8) is 0 Å². The SMILES string of the molecule is Cc1cc(OCC(=O)NC2(C(=O)O)CCC2)ccc1Cl. The lowest BCUT2D eigenvalue weighted by Gasteiger charge is -2.38. The third-order valence-electron chi connectivity index (χ3n) is 3.49. The van der Waals surface area contributed by atoms with Crippen molar-refractivity contribution in [2.75, 3.05) is 6.61 Å². The van der Waals surface area contributed by atoms with Crippen LogP contribution in [0.15, 0.2) is 18.2 Å². The summed E-state index contributed by atoms with van der Waals surface area (Å²) in [5.41, 5.74) is -0.248. The van der Waals surface area contributed by atoms with Crippen molar-refractivity contribution in [1.29, 1.82) is 0 Å². The van der Waals surface area contributed by atoms with Crippen LogP contribution in [0.3, 0.4) is 0 Å². The Bertz CT molecular complexity index is 540. The zero-order valence-electron chi connectivity index (χ0n) is 11.1. The number of carboxylic acids is 1. The van der Waals surface area contributed by atoms with E-state index in [9.17, 15) is 9.59 Å². The highest BCUT2D eigenvalue weighted by molar-refractivity contribution is 6.31. The molecular weight excluding hydrogens is 282 g/mol. The monoisotopic (exact) mass is 297 g/mol. The van der Waals surface area contributed by atoms with Crippen LogP contribution in [0, 0.1) is 6.92 Å². The Kier molecular flexibility index (Phi) is 4.18. The molecule has 1 fully saturated rings. The molecule has 1 aromatic rings. The topological polar surface area (TPSA) is 75.6 Å². The summed E-state index contributed by atoms with van der Waals surface area (Å²) in [7, 11) is 0. The molecule has 0 unspecified atom stereocenters. The van der Waals surface area contributed by atoms with Crippen LogP contribution in [0.4, 0.5) is 0 Å². The average molecular weight is 298 g/mol. The zero-order chi connectivity index (χ0) is 14.8. The quantitative estimate of drug-likeness (QED) is 0.873. The molecule has 0 aromatic heterocycles. The fourth-order valence-corrected chi connectivity index (χ4v) is 2.20. The second kappa shape index (κ2) is 5.71. The normalized spacial score (nSPS) is 16.1. The van der Waals surface area contributed by atoms with Crippen molar-refractivity contribution in [3.05, 3.63) is 28.8 Å². The van der Waals surface area contributed by atoms with Gasteiger partial charge in [-0.3, -0.25) is 4.79 Å². The molecule has 2 N–H and O–H groups in total. The number of amides is 1. The van der Waals surface area contributed by atoms with Crippen LogP contribution in [0.25, 0.3) is 0 Å². The van der Waals surface area contributed by atoms with Crippen molar-refractivity contribution in [1.82, 2.24) is 5.32 Å². The van der Waals surface area contributed by atoms with Gasteiger partial charge in [0.2, 0.25) is 0 Å². The first-order chi connectivity index (χ1) is 9.43. The Labute approximate surface area is 121 Å². The summed E-state index contributed by atoms with van der Waals surface area (Å²) in [6, 6.07) is 5.08. The number of halogens is 1. The highest BCUT2D eigenvalue weighted by Crippen LogP contribution is 2.32. The first-order valence-corrected chi connectivity index (χ1v) is 6.74. The van der Waals surface area contributed by atoms with E-state index in [0.29, 0.717) is 23.6 Å². The lowest BCUT2D eigenvalue weighted by molar-refractivity contribution is -0.152. The number of carbonyl (C=O) groups is 2. The van der Waals surface area contributed by atoms with Crippen LogP contribution in [-0.4, -0.2) is 29.1 Å². The summed E-state index contributed by atoms with van der Waals surface area (Å²) in [6.07, 6.45) is 1.74. The minimum absolute atomic E-state index is 0.212. The van der Waals surface area contributed by atoms with Gasteiger partial charge in [0.05, 0.1) is 0 Å². The average Bonchev–Trinajstić information content (AvgIpc) is 2.35. The van der Waals surface area contributed by atoms with Crippen LogP contribution in [0.1, 0.15) is 24.8 Å². The van der Waals surface area contributed by atoms with Crippen molar-refractivity contribution >= 4 is 23.5 Å². The summed E-state index contributed by atoms with van der Waals surface area (Å²) in [5.74, 6) is -0.890. The maximum Gasteiger partial charge on any atom is 0.329 e. The van der Waals surface area contributed by atoms with E-state index in [1.54, 1.807) is 18.2 Å². The van der Waals surface area contributed by atoms with Crippen molar-refractivity contribution in [2.24, 2.45) is 0 Å². The Balaban J connectivity index is 1.89. The molecule has 0 aliphatic heterocycles. The molecule has 1 aliphatic rings. The number of aryl methyl sites for hydroxylation is 1. The molecule has 20 heavy (non-hydrogen) atoms. The molecule has 1 aliphatic carbocycles. The predicted octanol–water partition coefficient (Wildman–Crippen LogP) is 2.15. The third-order valence-corrected chi connectivity index (χ3v) is 3.92. The lowest BCUT2D eigenvalue weighted by Crippen LogP contribution is -2.59. The molecule has 2 rings (SSSR count). The van der Waals surface area contributed by atoms with E-state index in [0.717, 1.165) is 12.0 Å². The predicted molar refractivity (Wildman–Crippen MR) is 74.0 cm³/mol. The van der Waals surface area contributed by atoms with E-state index >= 15 is 0 Å². The summed E-state index contributed by atoms with van der Waals surface area (Å²) in [6.45, 7) is 1.62. The van der Waals surface area contributed by atoms with E-state index in [2.05, 4.69) is 5.32 Å². The van der Waals surface area contributed by atoms with E-state index in [4.69, 9.17) is 21.4 Å². The fraction of sp³-hybridized carbons (Fsp3) is 0.429. The number of benzene rings is 1. The summed E-state index contributed by atoms with van der Waals surface area (Å²) in [5, 5.41) is 12.3. The molecule has 0 radical (unpaired) electrons. The molecule has 0 bridgehead atoms. The second-order valence-corrected chi connectivity index (χ2v) is 5.40. The van der Waals surface area contributed by atoms with E-state index in [1.807, 2.05) is 6.92 Å². The number of carboxylic acid groups (broad SMARTS) is 1. The Morgan fingerprint density at radius 2 is 2.15 bits per heavy atom. The van der Waals surface area contributed by atoms with Crippen LogP contribution in [0.2, 0.25) is 5.02 Å². The lowest BCUT2D eigenvalue weighted by atomic mass is 9.77. The number of rotatable bonds is 5. The van der Waals surface area contributed by atoms with Crippen LogP contribution >= 0.6 is 11.6 Å². The van der Waals surface area contributed by atoms with Gasteiger partial charge in [0.25, 0.3) is 5.91 Å². The molecular formula is C14H16ClNO4. The van der Waals surface area contributed by atoms with Crippen molar-refractivity contribution in [3.8, 4) is 5.75 Å². The molecule has 0 atom stereocenters. The first-order valence-electron chi connectivity index (χ1n) is 6.36. The highest BCUT2D eigenvalue weighted by atomic mass is 35.5. The van der Waals surface area contributed by atoms with Crippen LogP contribution < -0.4 is 10.1 Å². The Morgan fingerprint density at radius 1 is 1.45 bits per heavy atom. The molecule has 1 amide bonds. The molecule has 0 spiro atoms. The van der Waals surface area contributed by atoms with Gasteiger partial charge in [0.1, 0.15) is 11.3 Å². The minimum atomic E-state index is -1.10. The molecule has 1 aromatic carbocycles. The maximum absolute atomic E-state index is 11.8. The van der Waals surface area contributed by atoms with Crippen LogP contribution in [-0.2, 0) is 9.59 Å².